The Morgan fingerprint density at radius 1 is 1.16 bits per heavy atom. The van der Waals surface area contributed by atoms with Crippen LogP contribution < -0.4 is 10.0 Å². The van der Waals surface area contributed by atoms with Crippen LogP contribution in [0.5, 0.6) is 0 Å². The van der Waals surface area contributed by atoms with Crippen molar-refractivity contribution in [3.63, 3.8) is 0 Å². The van der Waals surface area contributed by atoms with Crippen molar-refractivity contribution in [3.8, 4) is 0 Å². The van der Waals surface area contributed by atoms with Crippen LogP contribution in [0.2, 0.25) is 0 Å². The van der Waals surface area contributed by atoms with E-state index < -0.39 is 10.0 Å². The number of sulfonamides is 1. The Kier molecular flexibility index (Phi) is 6.24. The zero-order valence-corrected chi connectivity index (χ0v) is 16.7. The molecule has 2 N–H and O–H groups in total. The third-order valence-electron chi connectivity index (χ3n) is 3.63. The van der Waals surface area contributed by atoms with Crippen LogP contribution in [-0.2, 0) is 16.4 Å². The highest BCUT2D eigenvalue weighted by Gasteiger charge is 2.13. The highest BCUT2D eigenvalue weighted by molar-refractivity contribution is 9.10. The van der Waals surface area contributed by atoms with Crippen LogP contribution in [0.25, 0.3) is 0 Å². The first kappa shape index (κ1) is 19.5. The van der Waals surface area contributed by atoms with E-state index in [1.807, 2.05) is 31.2 Å². The third-order valence-corrected chi connectivity index (χ3v) is 4.75. The van der Waals surface area contributed by atoms with E-state index in [1.54, 1.807) is 25.1 Å². The first-order chi connectivity index (χ1) is 11.6. The summed E-state index contributed by atoms with van der Waals surface area (Å²) in [6.07, 6.45) is 1.79. The number of nitrogens with one attached hydrogen (secondary N) is 2. The lowest BCUT2D eigenvalue weighted by molar-refractivity contribution is 0.0940. The van der Waals surface area contributed by atoms with Gasteiger partial charge in [-0.15, -0.1) is 0 Å². The number of carbonyl (C=O) groups excluding carboxylic acids is 1. The largest absolute Gasteiger partial charge is 0.349 e. The van der Waals surface area contributed by atoms with Crippen LogP contribution in [0, 0.1) is 6.92 Å². The molecule has 2 aromatic rings. The van der Waals surface area contributed by atoms with Gasteiger partial charge in [0.1, 0.15) is 0 Å². The predicted octanol–water partition coefficient (Wildman–Crippen LogP) is 3.49. The summed E-state index contributed by atoms with van der Waals surface area (Å²) in [6, 6.07) is 12.9. The molecule has 0 aliphatic carbocycles. The number of hydrogen-bond acceptors (Lipinski definition) is 3. The summed E-state index contributed by atoms with van der Waals surface area (Å²) in [5.74, 6) is -0.235. The van der Waals surface area contributed by atoms with Crippen LogP contribution in [0.3, 0.4) is 0 Å². The van der Waals surface area contributed by atoms with E-state index in [1.165, 1.54) is 0 Å². The Bertz CT molecular complexity index is 864. The maximum Gasteiger partial charge on any atom is 0.251 e. The monoisotopic (exact) mass is 424 g/mol. The molecule has 0 aliphatic rings. The minimum absolute atomic E-state index is 0.0544. The number of anilines is 1. The van der Waals surface area contributed by atoms with E-state index in [0.29, 0.717) is 17.7 Å². The molecule has 0 saturated heterocycles. The van der Waals surface area contributed by atoms with Gasteiger partial charge in [-0.3, -0.25) is 9.52 Å². The number of benzene rings is 2. The lowest BCUT2D eigenvalue weighted by Crippen LogP contribution is -2.34. The first-order valence-electron chi connectivity index (χ1n) is 7.78. The normalized spacial score (nSPS) is 12.5. The molecule has 1 unspecified atom stereocenters. The Labute approximate surface area is 157 Å². The molecule has 0 aromatic heterocycles. The lowest BCUT2D eigenvalue weighted by atomic mass is 10.1. The van der Waals surface area contributed by atoms with Gasteiger partial charge >= 0.3 is 0 Å². The average molecular weight is 425 g/mol. The van der Waals surface area contributed by atoms with E-state index in [-0.39, 0.29) is 11.9 Å². The molecule has 1 amide bonds. The van der Waals surface area contributed by atoms with Crippen molar-refractivity contribution < 1.29 is 13.2 Å². The molecule has 7 heteroatoms. The van der Waals surface area contributed by atoms with Crippen LogP contribution in [0.15, 0.2) is 46.9 Å². The van der Waals surface area contributed by atoms with Gasteiger partial charge in [-0.25, -0.2) is 8.42 Å². The molecule has 2 rings (SSSR count). The fourth-order valence-corrected chi connectivity index (χ4v) is 3.29. The van der Waals surface area contributed by atoms with Gasteiger partial charge < -0.3 is 5.32 Å². The second-order valence-corrected chi connectivity index (χ2v) is 8.77. The fraction of sp³-hybridized carbons (Fsp3) is 0.278. The molecular weight excluding hydrogens is 404 g/mol. The van der Waals surface area contributed by atoms with E-state index in [9.17, 15) is 13.2 Å². The summed E-state index contributed by atoms with van der Waals surface area (Å²) in [5.41, 5.74) is 2.71. The standard InChI is InChI=1S/C18H21BrN2O3S/c1-12-4-7-15(11-17(12)21-25(3,23)24)18(22)20-13(2)10-14-5-8-16(19)9-6-14/h4-9,11,13,21H,10H2,1-3H3,(H,20,22). The first-order valence-corrected chi connectivity index (χ1v) is 10.5. The molecule has 134 valence electrons. The van der Waals surface area contributed by atoms with Gasteiger partial charge in [-0.1, -0.05) is 34.1 Å². The third kappa shape index (κ3) is 6.17. The molecule has 0 radical (unpaired) electrons. The summed E-state index contributed by atoms with van der Waals surface area (Å²) >= 11 is 3.40. The van der Waals surface area contributed by atoms with Crippen molar-refractivity contribution in [3.05, 3.63) is 63.6 Å². The van der Waals surface area contributed by atoms with Crippen molar-refractivity contribution in [2.45, 2.75) is 26.3 Å². The Morgan fingerprint density at radius 2 is 1.80 bits per heavy atom. The van der Waals surface area contributed by atoms with Gasteiger partial charge in [0, 0.05) is 16.1 Å². The molecule has 2 aromatic carbocycles. The molecule has 0 aliphatic heterocycles. The predicted molar refractivity (Wildman–Crippen MR) is 104 cm³/mol. The highest BCUT2D eigenvalue weighted by atomic mass is 79.9. The molecular formula is C18H21BrN2O3S. The van der Waals surface area contributed by atoms with E-state index >= 15 is 0 Å². The van der Waals surface area contributed by atoms with Gasteiger partial charge in [0.25, 0.3) is 5.91 Å². The number of carbonyl (C=O) groups is 1. The van der Waals surface area contributed by atoms with Gasteiger partial charge in [0.2, 0.25) is 10.0 Å². The summed E-state index contributed by atoms with van der Waals surface area (Å²) in [7, 11) is -3.39. The SMILES string of the molecule is Cc1ccc(C(=O)NC(C)Cc2ccc(Br)cc2)cc1NS(C)(=O)=O. The number of amides is 1. The minimum atomic E-state index is -3.39. The summed E-state index contributed by atoms with van der Waals surface area (Å²) in [4.78, 5) is 12.4. The van der Waals surface area contributed by atoms with Crippen LogP contribution in [-0.4, -0.2) is 26.6 Å². The number of hydrogen-bond donors (Lipinski definition) is 2. The van der Waals surface area contributed by atoms with Gasteiger partial charge in [-0.05, 0) is 55.7 Å². The molecule has 25 heavy (non-hydrogen) atoms. The Balaban J connectivity index is 2.07. The fourth-order valence-electron chi connectivity index (χ4n) is 2.41. The molecule has 5 nitrogen and oxygen atoms in total. The molecule has 0 spiro atoms. The summed E-state index contributed by atoms with van der Waals surface area (Å²) in [6.45, 7) is 3.72. The highest BCUT2D eigenvalue weighted by Crippen LogP contribution is 2.18. The minimum Gasteiger partial charge on any atom is -0.349 e. The second kappa shape index (κ2) is 8.01. The number of halogens is 1. The number of aryl methyl sites for hydroxylation is 1. The topological polar surface area (TPSA) is 75.3 Å². The molecule has 0 saturated carbocycles. The zero-order valence-electron chi connectivity index (χ0n) is 14.3. The van der Waals surface area contributed by atoms with Crippen LogP contribution in [0.1, 0.15) is 28.4 Å². The Morgan fingerprint density at radius 3 is 2.40 bits per heavy atom. The van der Waals surface area contributed by atoms with E-state index in [0.717, 1.165) is 21.9 Å². The van der Waals surface area contributed by atoms with E-state index in [4.69, 9.17) is 0 Å². The molecule has 0 fully saturated rings. The van der Waals surface area contributed by atoms with Crippen molar-refractivity contribution in [1.29, 1.82) is 0 Å². The molecule has 0 bridgehead atoms. The maximum absolute atomic E-state index is 12.4. The zero-order chi connectivity index (χ0) is 18.6. The quantitative estimate of drug-likeness (QED) is 0.744. The van der Waals surface area contributed by atoms with Crippen molar-refractivity contribution in [1.82, 2.24) is 5.32 Å². The maximum atomic E-state index is 12.4. The lowest BCUT2D eigenvalue weighted by Gasteiger charge is -2.15. The summed E-state index contributed by atoms with van der Waals surface area (Å²) in [5, 5.41) is 2.94. The van der Waals surface area contributed by atoms with Crippen LogP contribution in [0.4, 0.5) is 5.69 Å². The van der Waals surface area contributed by atoms with Crippen molar-refractivity contribution >= 4 is 37.5 Å². The molecule has 1 atom stereocenters. The van der Waals surface area contributed by atoms with Crippen molar-refractivity contribution in [2.24, 2.45) is 0 Å². The number of rotatable bonds is 6. The van der Waals surface area contributed by atoms with Crippen molar-refractivity contribution in [2.75, 3.05) is 11.0 Å². The van der Waals surface area contributed by atoms with Gasteiger partial charge in [0.05, 0.1) is 11.9 Å². The van der Waals surface area contributed by atoms with Gasteiger partial charge in [-0.2, -0.15) is 0 Å². The van der Waals surface area contributed by atoms with Gasteiger partial charge in [0.15, 0.2) is 0 Å². The average Bonchev–Trinajstić information content (AvgIpc) is 2.50. The smallest absolute Gasteiger partial charge is 0.251 e. The summed E-state index contributed by atoms with van der Waals surface area (Å²) < 4.78 is 26.3. The molecule has 0 heterocycles. The second-order valence-electron chi connectivity index (χ2n) is 6.11. The van der Waals surface area contributed by atoms with Crippen LogP contribution >= 0.6 is 15.9 Å². The van der Waals surface area contributed by atoms with E-state index in [2.05, 4.69) is 26.0 Å². The Hall–Kier alpha value is -1.86.